The summed E-state index contributed by atoms with van der Waals surface area (Å²) in [4.78, 5) is 1.94. The largest absolute Gasteiger partial charge is 0.508 e. The van der Waals surface area contributed by atoms with Crippen molar-refractivity contribution in [3.05, 3.63) is 24.0 Å². The summed E-state index contributed by atoms with van der Waals surface area (Å²) >= 11 is 0. The van der Waals surface area contributed by atoms with Crippen molar-refractivity contribution in [2.24, 2.45) is 0 Å². The summed E-state index contributed by atoms with van der Waals surface area (Å²) in [5.74, 6) is -0.162. The maximum Gasteiger partial charge on any atom is 0.146 e. The molecule has 1 saturated heterocycles. The van der Waals surface area contributed by atoms with Gasteiger partial charge in [0.15, 0.2) is 0 Å². The number of rotatable bonds is 1. The summed E-state index contributed by atoms with van der Waals surface area (Å²) in [5, 5.41) is 12.5. The molecule has 1 aliphatic heterocycles. The second-order valence-corrected chi connectivity index (χ2v) is 3.37. The molecule has 4 heteroatoms. The van der Waals surface area contributed by atoms with Crippen molar-refractivity contribution < 1.29 is 9.50 Å². The van der Waals surface area contributed by atoms with Crippen LogP contribution in [0.25, 0.3) is 0 Å². The van der Waals surface area contributed by atoms with Crippen molar-refractivity contribution in [3.8, 4) is 5.75 Å². The highest BCUT2D eigenvalue weighted by Gasteiger charge is 2.14. The summed E-state index contributed by atoms with van der Waals surface area (Å²) in [5.41, 5.74) is 0.492. The lowest BCUT2D eigenvalue weighted by molar-refractivity contribution is 0.472. The molecule has 1 aromatic rings. The summed E-state index contributed by atoms with van der Waals surface area (Å²) in [7, 11) is 0. The molecule has 14 heavy (non-hydrogen) atoms. The lowest BCUT2D eigenvalue weighted by Gasteiger charge is -2.29. The molecule has 1 aliphatic rings. The highest BCUT2D eigenvalue weighted by atomic mass is 19.1. The molecule has 0 bridgehead atoms. The van der Waals surface area contributed by atoms with Crippen LogP contribution in [0.4, 0.5) is 10.1 Å². The van der Waals surface area contributed by atoms with Gasteiger partial charge >= 0.3 is 0 Å². The predicted octanol–water partition coefficient (Wildman–Crippen LogP) is 0.941. The Morgan fingerprint density at radius 3 is 2.71 bits per heavy atom. The van der Waals surface area contributed by atoms with E-state index in [4.69, 9.17) is 0 Å². The van der Waals surface area contributed by atoms with Gasteiger partial charge in [-0.25, -0.2) is 4.39 Å². The number of nitrogens with zero attached hydrogens (tertiary/aromatic N) is 1. The molecule has 1 aromatic carbocycles. The molecule has 0 aromatic heterocycles. The van der Waals surface area contributed by atoms with E-state index in [1.54, 1.807) is 0 Å². The standard InChI is InChI=1S/C10H13FN2O/c11-9-2-1-8(14)7-10(9)13-5-3-12-4-6-13/h1-2,7,12,14H,3-6H2. The predicted molar refractivity (Wildman–Crippen MR) is 53.1 cm³/mol. The van der Waals surface area contributed by atoms with Crippen LogP contribution in [-0.2, 0) is 0 Å². The lowest BCUT2D eigenvalue weighted by Crippen LogP contribution is -2.43. The topological polar surface area (TPSA) is 35.5 Å². The number of piperazine rings is 1. The van der Waals surface area contributed by atoms with Gasteiger partial charge in [0.25, 0.3) is 0 Å². The third-order valence-corrected chi connectivity index (χ3v) is 2.39. The van der Waals surface area contributed by atoms with E-state index in [0.717, 1.165) is 26.2 Å². The van der Waals surface area contributed by atoms with Gasteiger partial charge in [0, 0.05) is 32.2 Å². The van der Waals surface area contributed by atoms with Gasteiger partial charge < -0.3 is 15.3 Å². The Labute approximate surface area is 82.2 Å². The van der Waals surface area contributed by atoms with Crippen molar-refractivity contribution in [1.29, 1.82) is 0 Å². The van der Waals surface area contributed by atoms with Crippen LogP contribution in [0.15, 0.2) is 18.2 Å². The summed E-state index contributed by atoms with van der Waals surface area (Å²) in [6.45, 7) is 3.27. The Bertz CT molecular complexity index is 324. The minimum absolute atomic E-state index is 0.111. The highest BCUT2D eigenvalue weighted by Crippen LogP contribution is 2.24. The second kappa shape index (κ2) is 3.84. The zero-order valence-corrected chi connectivity index (χ0v) is 7.83. The van der Waals surface area contributed by atoms with Crippen LogP contribution in [0.3, 0.4) is 0 Å². The van der Waals surface area contributed by atoms with Crippen molar-refractivity contribution in [2.75, 3.05) is 31.1 Å². The summed E-state index contributed by atoms with van der Waals surface area (Å²) in [6.07, 6.45) is 0. The molecule has 0 atom stereocenters. The van der Waals surface area contributed by atoms with Crippen molar-refractivity contribution >= 4 is 5.69 Å². The molecule has 0 saturated carbocycles. The number of phenols is 1. The Morgan fingerprint density at radius 2 is 2.00 bits per heavy atom. The van der Waals surface area contributed by atoms with Gasteiger partial charge in [-0.2, -0.15) is 0 Å². The van der Waals surface area contributed by atoms with Crippen LogP contribution in [0, 0.1) is 5.82 Å². The molecular weight excluding hydrogens is 183 g/mol. The van der Waals surface area contributed by atoms with Gasteiger partial charge in [-0.15, -0.1) is 0 Å². The number of nitrogens with one attached hydrogen (secondary N) is 1. The van der Waals surface area contributed by atoms with Crippen LogP contribution in [0.5, 0.6) is 5.75 Å². The summed E-state index contributed by atoms with van der Waals surface area (Å²) in [6, 6.07) is 4.13. The normalized spacial score (nSPS) is 17.1. The minimum Gasteiger partial charge on any atom is -0.508 e. The molecule has 0 amide bonds. The molecule has 76 valence electrons. The van der Waals surface area contributed by atoms with Crippen LogP contribution < -0.4 is 10.2 Å². The zero-order valence-electron chi connectivity index (χ0n) is 7.83. The fourth-order valence-corrected chi connectivity index (χ4v) is 1.65. The third kappa shape index (κ3) is 1.80. The molecule has 2 rings (SSSR count). The number of phenolic OH excluding ortho intramolecular Hbond substituents is 1. The zero-order chi connectivity index (χ0) is 9.97. The third-order valence-electron chi connectivity index (χ3n) is 2.39. The SMILES string of the molecule is Oc1ccc(F)c(N2CCNCC2)c1. The maximum atomic E-state index is 13.4. The first kappa shape index (κ1) is 9.27. The number of aromatic hydroxyl groups is 1. The average molecular weight is 196 g/mol. The van der Waals surface area contributed by atoms with Crippen molar-refractivity contribution in [2.45, 2.75) is 0 Å². The van der Waals surface area contributed by atoms with Crippen molar-refractivity contribution in [1.82, 2.24) is 5.32 Å². The smallest absolute Gasteiger partial charge is 0.146 e. The molecule has 0 radical (unpaired) electrons. The highest BCUT2D eigenvalue weighted by molar-refractivity contribution is 5.52. The molecule has 3 nitrogen and oxygen atoms in total. The molecule has 0 unspecified atom stereocenters. The first-order chi connectivity index (χ1) is 6.77. The maximum absolute atomic E-state index is 13.4. The Hall–Kier alpha value is -1.29. The van der Waals surface area contributed by atoms with E-state index in [0.29, 0.717) is 5.69 Å². The van der Waals surface area contributed by atoms with Gasteiger partial charge in [0.05, 0.1) is 5.69 Å². The van der Waals surface area contributed by atoms with E-state index in [1.165, 1.54) is 18.2 Å². The van der Waals surface area contributed by atoms with Gasteiger partial charge in [-0.1, -0.05) is 0 Å². The number of hydrogen-bond acceptors (Lipinski definition) is 3. The molecular formula is C10H13FN2O. The van der Waals surface area contributed by atoms with E-state index < -0.39 is 0 Å². The average Bonchev–Trinajstić information content (AvgIpc) is 2.23. The molecule has 1 heterocycles. The fourth-order valence-electron chi connectivity index (χ4n) is 1.65. The Morgan fingerprint density at radius 1 is 1.29 bits per heavy atom. The van der Waals surface area contributed by atoms with E-state index in [-0.39, 0.29) is 11.6 Å². The number of benzene rings is 1. The van der Waals surface area contributed by atoms with Crippen LogP contribution in [-0.4, -0.2) is 31.3 Å². The van der Waals surface area contributed by atoms with Gasteiger partial charge in [-0.3, -0.25) is 0 Å². The van der Waals surface area contributed by atoms with E-state index in [9.17, 15) is 9.50 Å². The fraction of sp³-hybridized carbons (Fsp3) is 0.400. The second-order valence-electron chi connectivity index (χ2n) is 3.37. The van der Waals surface area contributed by atoms with Crippen LogP contribution in [0.2, 0.25) is 0 Å². The number of hydrogen-bond donors (Lipinski definition) is 2. The Kier molecular flexibility index (Phi) is 2.54. The lowest BCUT2D eigenvalue weighted by atomic mass is 10.2. The van der Waals surface area contributed by atoms with Crippen molar-refractivity contribution in [3.63, 3.8) is 0 Å². The molecule has 1 fully saturated rings. The summed E-state index contributed by atoms with van der Waals surface area (Å²) < 4.78 is 13.4. The number of anilines is 1. The molecule has 0 spiro atoms. The molecule has 0 aliphatic carbocycles. The first-order valence-corrected chi connectivity index (χ1v) is 4.71. The van der Waals surface area contributed by atoms with Gasteiger partial charge in [0.1, 0.15) is 11.6 Å². The Balaban J connectivity index is 2.24. The first-order valence-electron chi connectivity index (χ1n) is 4.71. The monoisotopic (exact) mass is 196 g/mol. The quantitative estimate of drug-likeness (QED) is 0.701. The van der Waals surface area contributed by atoms with Gasteiger partial charge in [-0.05, 0) is 12.1 Å². The van der Waals surface area contributed by atoms with Crippen LogP contribution in [0.1, 0.15) is 0 Å². The van der Waals surface area contributed by atoms with Crippen LogP contribution >= 0.6 is 0 Å². The van der Waals surface area contributed by atoms with E-state index >= 15 is 0 Å². The minimum atomic E-state index is -0.273. The molecule has 2 N–H and O–H groups in total. The number of halogens is 1. The van der Waals surface area contributed by atoms with E-state index in [2.05, 4.69) is 5.32 Å². The van der Waals surface area contributed by atoms with Gasteiger partial charge in [0.2, 0.25) is 0 Å². The van der Waals surface area contributed by atoms with E-state index in [1.807, 2.05) is 4.90 Å².